The van der Waals surface area contributed by atoms with Gasteiger partial charge in [0.25, 0.3) is 0 Å². The zero-order chi connectivity index (χ0) is 14.0. The lowest BCUT2D eigenvalue weighted by Gasteiger charge is -2.12. The van der Waals surface area contributed by atoms with Gasteiger partial charge in [-0.3, -0.25) is 0 Å². The molecule has 2 N–H and O–H groups in total. The minimum Gasteiger partial charge on any atom is -0.393 e. The van der Waals surface area contributed by atoms with Crippen molar-refractivity contribution in [2.75, 3.05) is 6.54 Å². The normalized spacial score (nSPS) is 23.7. The molecule has 0 aromatic heterocycles. The van der Waals surface area contributed by atoms with E-state index in [0.29, 0.717) is 18.0 Å². The first-order valence-corrected chi connectivity index (χ1v) is 8.25. The van der Waals surface area contributed by atoms with Gasteiger partial charge in [-0.1, -0.05) is 23.2 Å². The highest BCUT2D eigenvalue weighted by Crippen LogP contribution is 2.27. The Morgan fingerprint density at radius 1 is 1.32 bits per heavy atom. The second-order valence-corrected chi connectivity index (χ2v) is 7.34. The number of aliphatic hydroxyl groups excluding tert-OH is 1. The first kappa shape index (κ1) is 15.1. The van der Waals surface area contributed by atoms with Crippen LogP contribution in [0, 0.1) is 5.92 Å². The number of hydrogen-bond donors (Lipinski definition) is 2. The number of benzene rings is 1. The summed E-state index contributed by atoms with van der Waals surface area (Å²) in [4.78, 5) is -0.0137. The summed E-state index contributed by atoms with van der Waals surface area (Å²) in [5, 5.41) is 9.87. The Labute approximate surface area is 122 Å². The third kappa shape index (κ3) is 3.83. The lowest BCUT2D eigenvalue weighted by molar-refractivity contribution is 0.178. The minimum absolute atomic E-state index is 0.0137. The Kier molecular flexibility index (Phi) is 4.74. The summed E-state index contributed by atoms with van der Waals surface area (Å²) < 4.78 is 26.8. The molecule has 1 aliphatic carbocycles. The first-order chi connectivity index (χ1) is 8.88. The zero-order valence-electron chi connectivity index (χ0n) is 10.1. The molecule has 4 nitrogen and oxygen atoms in total. The molecule has 0 saturated heterocycles. The highest BCUT2D eigenvalue weighted by atomic mass is 35.5. The van der Waals surface area contributed by atoms with Gasteiger partial charge in [0.05, 0.1) is 11.1 Å². The molecule has 1 fully saturated rings. The summed E-state index contributed by atoms with van der Waals surface area (Å²) in [6.07, 6.45) is 1.87. The smallest absolute Gasteiger partial charge is 0.242 e. The van der Waals surface area contributed by atoms with Crippen molar-refractivity contribution in [1.82, 2.24) is 4.72 Å². The van der Waals surface area contributed by atoms with E-state index in [4.69, 9.17) is 23.2 Å². The van der Waals surface area contributed by atoms with Crippen LogP contribution in [-0.4, -0.2) is 26.2 Å². The van der Waals surface area contributed by atoms with Gasteiger partial charge in [0.15, 0.2) is 0 Å². The van der Waals surface area contributed by atoms with Gasteiger partial charge in [0.2, 0.25) is 10.0 Å². The van der Waals surface area contributed by atoms with Crippen LogP contribution < -0.4 is 4.72 Å². The highest BCUT2D eigenvalue weighted by molar-refractivity contribution is 7.89. The Balaban J connectivity index is 2.08. The van der Waals surface area contributed by atoms with E-state index in [1.807, 2.05) is 0 Å². The maximum atomic E-state index is 12.1. The summed E-state index contributed by atoms with van der Waals surface area (Å²) in [7, 11) is -3.67. The quantitative estimate of drug-likeness (QED) is 0.894. The fourth-order valence-corrected chi connectivity index (χ4v) is 4.10. The second-order valence-electron chi connectivity index (χ2n) is 4.76. The molecular weight excluding hydrogens is 309 g/mol. The lowest BCUT2D eigenvalue weighted by atomic mass is 10.1. The van der Waals surface area contributed by atoms with Crippen LogP contribution in [0.15, 0.2) is 23.1 Å². The molecule has 19 heavy (non-hydrogen) atoms. The molecule has 1 saturated carbocycles. The standard InChI is InChI=1S/C12H15Cl2NO3S/c13-9-2-4-11(14)12(6-9)19(17,18)15-7-8-1-3-10(16)5-8/h2,4,6,8,10,15-16H,1,3,5,7H2. The molecular formula is C12H15Cl2NO3S. The van der Waals surface area contributed by atoms with E-state index in [1.54, 1.807) is 0 Å². The van der Waals surface area contributed by atoms with E-state index >= 15 is 0 Å². The fraction of sp³-hybridized carbons (Fsp3) is 0.500. The molecule has 0 bridgehead atoms. The van der Waals surface area contributed by atoms with Gasteiger partial charge in [0.1, 0.15) is 4.90 Å². The third-order valence-electron chi connectivity index (χ3n) is 3.26. The molecule has 0 spiro atoms. The average Bonchev–Trinajstić information content (AvgIpc) is 2.76. The lowest BCUT2D eigenvalue weighted by Crippen LogP contribution is -2.29. The topological polar surface area (TPSA) is 66.4 Å². The summed E-state index contributed by atoms with van der Waals surface area (Å²) in [5.74, 6) is 0.169. The van der Waals surface area contributed by atoms with Crippen molar-refractivity contribution in [2.24, 2.45) is 5.92 Å². The van der Waals surface area contributed by atoms with Gasteiger partial charge in [-0.25, -0.2) is 13.1 Å². The van der Waals surface area contributed by atoms with Crippen LogP contribution in [0.5, 0.6) is 0 Å². The fourth-order valence-electron chi connectivity index (χ4n) is 2.22. The van der Waals surface area contributed by atoms with Gasteiger partial charge in [-0.15, -0.1) is 0 Å². The summed E-state index contributed by atoms with van der Waals surface area (Å²) in [6.45, 7) is 0.308. The average molecular weight is 324 g/mol. The SMILES string of the molecule is O=S(=O)(NCC1CCC(O)C1)c1cc(Cl)ccc1Cl. The molecule has 1 aromatic carbocycles. The molecule has 0 amide bonds. The summed E-state index contributed by atoms with van der Waals surface area (Å²) >= 11 is 11.7. The molecule has 0 heterocycles. The summed E-state index contributed by atoms with van der Waals surface area (Å²) in [5.41, 5.74) is 0. The molecule has 1 aromatic rings. The molecule has 2 atom stereocenters. The van der Waals surface area contributed by atoms with Crippen molar-refractivity contribution >= 4 is 33.2 Å². The molecule has 7 heteroatoms. The van der Waals surface area contributed by atoms with Crippen LogP contribution >= 0.6 is 23.2 Å². The number of halogens is 2. The number of aliphatic hydroxyl groups is 1. The zero-order valence-corrected chi connectivity index (χ0v) is 12.5. The van der Waals surface area contributed by atoms with Crippen LogP contribution in [0.2, 0.25) is 10.0 Å². The molecule has 2 unspecified atom stereocenters. The van der Waals surface area contributed by atoms with Crippen molar-refractivity contribution in [3.8, 4) is 0 Å². The molecule has 1 aliphatic rings. The van der Waals surface area contributed by atoms with Crippen molar-refractivity contribution < 1.29 is 13.5 Å². The molecule has 2 rings (SSSR count). The van der Waals surface area contributed by atoms with E-state index in [9.17, 15) is 13.5 Å². The Morgan fingerprint density at radius 2 is 2.05 bits per heavy atom. The number of hydrogen-bond acceptors (Lipinski definition) is 3. The molecule has 0 aliphatic heterocycles. The predicted molar refractivity (Wildman–Crippen MR) is 75.0 cm³/mol. The maximum Gasteiger partial charge on any atom is 0.242 e. The largest absolute Gasteiger partial charge is 0.393 e. The third-order valence-corrected chi connectivity index (χ3v) is 5.40. The van der Waals surface area contributed by atoms with Crippen molar-refractivity contribution in [2.45, 2.75) is 30.3 Å². The molecule has 0 radical (unpaired) electrons. The summed E-state index contributed by atoms with van der Waals surface area (Å²) in [6, 6.07) is 4.32. The van der Waals surface area contributed by atoms with Gasteiger partial charge >= 0.3 is 0 Å². The first-order valence-electron chi connectivity index (χ1n) is 6.01. The minimum atomic E-state index is -3.67. The second kappa shape index (κ2) is 5.97. The van der Waals surface area contributed by atoms with Gasteiger partial charge in [-0.05, 0) is 43.4 Å². The highest BCUT2D eigenvalue weighted by Gasteiger charge is 2.25. The number of rotatable bonds is 4. The van der Waals surface area contributed by atoms with Crippen LogP contribution in [0.25, 0.3) is 0 Å². The molecule has 106 valence electrons. The predicted octanol–water partition coefficient (Wildman–Crippen LogP) is 2.43. The number of sulfonamides is 1. The maximum absolute atomic E-state index is 12.1. The van der Waals surface area contributed by atoms with Gasteiger partial charge in [0, 0.05) is 11.6 Å². The van der Waals surface area contributed by atoms with Crippen molar-refractivity contribution in [1.29, 1.82) is 0 Å². The van der Waals surface area contributed by atoms with Crippen molar-refractivity contribution in [3.05, 3.63) is 28.2 Å². The van der Waals surface area contributed by atoms with E-state index in [0.717, 1.165) is 12.8 Å². The van der Waals surface area contributed by atoms with Crippen LogP contribution in [-0.2, 0) is 10.0 Å². The Hall–Kier alpha value is -0.330. The number of nitrogens with one attached hydrogen (secondary N) is 1. The monoisotopic (exact) mass is 323 g/mol. The van der Waals surface area contributed by atoms with Crippen molar-refractivity contribution in [3.63, 3.8) is 0 Å². The van der Waals surface area contributed by atoms with Gasteiger partial charge in [-0.2, -0.15) is 0 Å². The van der Waals surface area contributed by atoms with Crippen LogP contribution in [0.4, 0.5) is 0 Å². The van der Waals surface area contributed by atoms with E-state index in [-0.39, 0.29) is 21.9 Å². The van der Waals surface area contributed by atoms with Crippen LogP contribution in [0.3, 0.4) is 0 Å². The van der Waals surface area contributed by atoms with Gasteiger partial charge < -0.3 is 5.11 Å². The van der Waals surface area contributed by atoms with E-state index in [1.165, 1.54) is 18.2 Å². The van der Waals surface area contributed by atoms with E-state index < -0.39 is 10.0 Å². The Morgan fingerprint density at radius 3 is 2.68 bits per heavy atom. The van der Waals surface area contributed by atoms with Crippen LogP contribution in [0.1, 0.15) is 19.3 Å². The van der Waals surface area contributed by atoms with E-state index in [2.05, 4.69) is 4.72 Å². The Bertz CT molecular complexity index is 562.